The van der Waals surface area contributed by atoms with Crippen LogP contribution in [-0.2, 0) is 6.18 Å². The number of halogens is 4. The van der Waals surface area contributed by atoms with Crippen molar-refractivity contribution in [3.05, 3.63) is 59.9 Å². The quantitative estimate of drug-likeness (QED) is 0.524. The van der Waals surface area contributed by atoms with E-state index in [2.05, 4.69) is 25.5 Å². The Morgan fingerprint density at radius 1 is 1.16 bits per heavy atom. The first-order chi connectivity index (χ1) is 14.3. The van der Waals surface area contributed by atoms with Crippen molar-refractivity contribution in [3.8, 4) is 0 Å². The minimum absolute atomic E-state index is 0. The van der Waals surface area contributed by atoms with E-state index in [1.807, 2.05) is 31.3 Å². The topological polar surface area (TPSA) is 73.1 Å². The van der Waals surface area contributed by atoms with Gasteiger partial charge in [0.15, 0.2) is 0 Å². The fourth-order valence-electron chi connectivity index (χ4n) is 3.76. The molecule has 0 spiro atoms. The van der Waals surface area contributed by atoms with Gasteiger partial charge in [0, 0.05) is 18.3 Å². The highest BCUT2D eigenvalue weighted by Gasteiger charge is 2.31. The number of fused-ring (bicyclic) bond motifs is 1. The Balaban J connectivity index is 0.00000272. The summed E-state index contributed by atoms with van der Waals surface area (Å²) < 4.78 is 38.0. The smallest absolute Gasteiger partial charge is 0.341 e. The molecule has 0 aliphatic carbocycles. The van der Waals surface area contributed by atoms with Crippen LogP contribution in [0.25, 0.3) is 11.0 Å². The molecule has 2 amide bonds. The number of para-hydroxylation sites is 2. The molecule has 4 rings (SSSR count). The minimum atomic E-state index is -4.40. The lowest BCUT2D eigenvalue weighted by molar-refractivity contribution is -0.137. The lowest BCUT2D eigenvalue weighted by Gasteiger charge is -2.36. The van der Waals surface area contributed by atoms with Crippen molar-refractivity contribution in [2.45, 2.75) is 31.1 Å². The van der Waals surface area contributed by atoms with E-state index in [0.29, 0.717) is 12.1 Å². The standard InChI is InChI=1S/C21H22F3N5O.ClH/c1-29-11-10-15(12-18(29)19-27-16-4-2-3-5-17(16)28-19)26-20(30)25-14-8-6-13(7-9-14)21(22,23)24;/h2-9,15,18H,10-12H2,1H3,(H,27,28)(H2,25,26,30);1H/t15-,18-;/m1./s1. The third kappa shape index (κ3) is 5.29. The number of alkyl halides is 3. The van der Waals surface area contributed by atoms with Crippen LogP contribution in [0.3, 0.4) is 0 Å². The summed E-state index contributed by atoms with van der Waals surface area (Å²) in [7, 11) is 2.02. The Kier molecular flexibility index (Phi) is 6.76. The van der Waals surface area contributed by atoms with E-state index in [0.717, 1.165) is 42.0 Å². The average Bonchev–Trinajstić information content (AvgIpc) is 3.13. The molecule has 0 unspecified atom stereocenters. The normalized spacial score (nSPS) is 19.6. The summed E-state index contributed by atoms with van der Waals surface area (Å²) in [5.74, 6) is 0.855. The summed E-state index contributed by atoms with van der Waals surface area (Å²) in [5, 5.41) is 5.53. The number of H-pyrrole nitrogens is 1. The van der Waals surface area contributed by atoms with E-state index in [-0.39, 0.29) is 24.5 Å². The first-order valence-corrected chi connectivity index (χ1v) is 9.69. The second-order valence-electron chi connectivity index (χ2n) is 7.53. The van der Waals surface area contributed by atoms with E-state index in [9.17, 15) is 18.0 Å². The first-order valence-electron chi connectivity index (χ1n) is 9.69. The van der Waals surface area contributed by atoms with Gasteiger partial charge in [-0.25, -0.2) is 9.78 Å². The molecule has 1 aliphatic heterocycles. The predicted octanol–water partition coefficient (Wildman–Crippen LogP) is 4.96. The molecule has 2 atom stereocenters. The number of benzene rings is 2. The summed E-state index contributed by atoms with van der Waals surface area (Å²) >= 11 is 0. The second-order valence-corrected chi connectivity index (χ2v) is 7.53. The summed E-state index contributed by atoms with van der Waals surface area (Å²) in [5.41, 5.74) is 1.42. The van der Waals surface area contributed by atoms with Gasteiger partial charge < -0.3 is 15.6 Å². The minimum Gasteiger partial charge on any atom is -0.341 e. The van der Waals surface area contributed by atoms with Gasteiger partial charge in [0.1, 0.15) is 5.82 Å². The van der Waals surface area contributed by atoms with Crippen molar-refractivity contribution >= 4 is 35.2 Å². The van der Waals surface area contributed by atoms with Crippen molar-refractivity contribution in [1.29, 1.82) is 0 Å². The first kappa shape index (κ1) is 22.9. The van der Waals surface area contributed by atoms with Crippen molar-refractivity contribution < 1.29 is 18.0 Å². The Morgan fingerprint density at radius 3 is 2.55 bits per heavy atom. The van der Waals surface area contributed by atoms with Crippen molar-refractivity contribution in [3.63, 3.8) is 0 Å². The molecular formula is C21H23ClF3N5O. The van der Waals surface area contributed by atoms with E-state index >= 15 is 0 Å². The fourth-order valence-corrected chi connectivity index (χ4v) is 3.76. The SMILES string of the molecule is CN1CC[C@@H](NC(=O)Nc2ccc(C(F)(F)F)cc2)C[C@@H]1c1nc2ccccc2[nH]1.Cl. The number of carbonyl (C=O) groups excluding carboxylic acids is 1. The number of nitrogens with zero attached hydrogens (tertiary/aromatic N) is 2. The molecule has 6 nitrogen and oxygen atoms in total. The summed E-state index contributed by atoms with van der Waals surface area (Å²) in [4.78, 5) is 22.6. The summed E-state index contributed by atoms with van der Waals surface area (Å²) in [6, 6.07) is 11.7. The molecule has 0 radical (unpaired) electrons. The molecule has 2 heterocycles. The number of piperidine rings is 1. The summed E-state index contributed by atoms with van der Waals surface area (Å²) in [6.45, 7) is 0.785. The molecule has 1 saturated heterocycles. The van der Waals surface area contributed by atoms with Crippen molar-refractivity contribution in [2.75, 3.05) is 18.9 Å². The van der Waals surface area contributed by atoms with Crippen LogP contribution in [0.5, 0.6) is 0 Å². The van der Waals surface area contributed by atoms with Crippen LogP contribution in [-0.4, -0.2) is 40.5 Å². The number of aromatic nitrogens is 2. The zero-order chi connectivity index (χ0) is 21.3. The maximum absolute atomic E-state index is 12.7. The average molecular weight is 454 g/mol. The fraction of sp³-hybridized carbons (Fsp3) is 0.333. The molecule has 10 heteroatoms. The maximum Gasteiger partial charge on any atom is 0.416 e. The highest BCUT2D eigenvalue weighted by molar-refractivity contribution is 5.89. The lowest BCUT2D eigenvalue weighted by Crippen LogP contribution is -2.46. The van der Waals surface area contributed by atoms with Crippen molar-refractivity contribution in [1.82, 2.24) is 20.2 Å². The number of hydrogen-bond donors (Lipinski definition) is 3. The number of amides is 2. The molecule has 1 aromatic heterocycles. The van der Waals surface area contributed by atoms with Gasteiger partial charge in [-0.05, 0) is 56.3 Å². The second kappa shape index (κ2) is 9.15. The number of nitrogens with one attached hydrogen (secondary N) is 3. The molecular weight excluding hydrogens is 431 g/mol. The molecule has 0 bridgehead atoms. The zero-order valence-electron chi connectivity index (χ0n) is 16.7. The highest BCUT2D eigenvalue weighted by atomic mass is 35.5. The lowest BCUT2D eigenvalue weighted by atomic mass is 9.97. The van der Waals surface area contributed by atoms with Crippen LogP contribution in [0.1, 0.15) is 30.3 Å². The molecule has 31 heavy (non-hydrogen) atoms. The number of aromatic amines is 1. The Bertz CT molecular complexity index is 1000. The Morgan fingerprint density at radius 2 is 1.87 bits per heavy atom. The van der Waals surface area contributed by atoms with Gasteiger partial charge in [-0.1, -0.05) is 12.1 Å². The van der Waals surface area contributed by atoms with E-state index in [4.69, 9.17) is 0 Å². The predicted molar refractivity (Wildman–Crippen MR) is 115 cm³/mol. The van der Waals surface area contributed by atoms with Crippen LogP contribution in [0.15, 0.2) is 48.5 Å². The molecule has 166 valence electrons. The van der Waals surface area contributed by atoms with Crippen molar-refractivity contribution in [2.24, 2.45) is 0 Å². The van der Waals surface area contributed by atoms with Crippen LogP contribution < -0.4 is 10.6 Å². The van der Waals surface area contributed by atoms with Crippen LogP contribution in [0.4, 0.5) is 23.7 Å². The number of hydrogen-bond acceptors (Lipinski definition) is 3. The van der Waals surface area contributed by atoms with Gasteiger partial charge in [-0.15, -0.1) is 12.4 Å². The third-order valence-electron chi connectivity index (χ3n) is 5.40. The molecule has 3 N–H and O–H groups in total. The van der Waals surface area contributed by atoms with E-state index < -0.39 is 17.8 Å². The number of likely N-dealkylation sites (tertiary alicyclic amines) is 1. The van der Waals surface area contributed by atoms with Crippen LogP contribution in [0.2, 0.25) is 0 Å². The van der Waals surface area contributed by atoms with Crippen LogP contribution >= 0.6 is 12.4 Å². The monoisotopic (exact) mass is 453 g/mol. The number of carbonyl (C=O) groups is 1. The van der Waals surface area contributed by atoms with Gasteiger partial charge in [0.2, 0.25) is 0 Å². The van der Waals surface area contributed by atoms with Gasteiger partial charge in [-0.3, -0.25) is 4.90 Å². The molecule has 1 aliphatic rings. The number of urea groups is 1. The third-order valence-corrected chi connectivity index (χ3v) is 5.40. The maximum atomic E-state index is 12.7. The number of rotatable bonds is 3. The number of anilines is 1. The van der Waals surface area contributed by atoms with Gasteiger partial charge in [-0.2, -0.15) is 13.2 Å². The van der Waals surface area contributed by atoms with Crippen LogP contribution in [0, 0.1) is 0 Å². The van der Waals surface area contributed by atoms with Gasteiger partial charge in [0.25, 0.3) is 0 Å². The zero-order valence-corrected chi connectivity index (χ0v) is 17.6. The highest BCUT2D eigenvalue weighted by Crippen LogP contribution is 2.31. The largest absolute Gasteiger partial charge is 0.416 e. The van der Waals surface area contributed by atoms with Gasteiger partial charge in [0.05, 0.1) is 22.6 Å². The molecule has 3 aromatic rings. The summed E-state index contributed by atoms with van der Waals surface area (Å²) in [6.07, 6.45) is -2.95. The molecule has 1 fully saturated rings. The van der Waals surface area contributed by atoms with E-state index in [1.165, 1.54) is 12.1 Å². The Labute approximate surface area is 183 Å². The molecule has 0 saturated carbocycles. The number of imidazole rings is 1. The van der Waals surface area contributed by atoms with E-state index in [1.54, 1.807) is 0 Å². The van der Waals surface area contributed by atoms with Gasteiger partial charge >= 0.3 is 12.2 Å². The molecule has 2 aromatic carbocycles. The Hall–Kier alpha value is -2.78.